The summed E-state index contributed by atoms with van der Waals surface area (Å²) in [5, 5.41) is 0. The molecule has 2 rings (SSSR count). The summed E-state index contributed by atoms with van der Waals surface area (Å²) >= 11 is 0. The van der Waals surface area contributed by atoms with Crippen LogP contribution in [0.4, 0.5) is 4.79 Å². The number of carbonyl (C=O) groups excluding carboxylic acids is 3. The van der Waals surface area contributed by atoms with Gasteiger partial charge in [0, 0.05) is 32.6 Å². The summed E-state index contributed by atoms with van der Waals surface area (Å²) < 4.78 is 10.1. The number of amides is 2. The Morgan fingerprint density at radius 3 is 2.57 bits per heavy atom. The standard InChI is InChI=1S/C16H26N2O5/c1-16(2,3)23-15(21)17-6-5-11(8-17)9-18-10-12(7-13(18)19)14(20)22-4/h11-12H,5-10H2,1-4H3/t11-,12?/m0/s1. The first-order valence-corrected chi connectivity index (χ1v) is 8.03. The predicted octanol–water partition coefficient (Wildman–Crippen LogP) is 1.26. The molecule has 7 nitrogen and oxygen atoms in total. The van der Waals surface area contributed by atoms with Crippen molar-refractivity contribution in [2.75, 3.05) is 33.3 Å². The molecule has 0 aromatic rings. The molecule has 2 aliphatic rings. The maximum absolute atomic E-state index is 12.1. The van der Waals surface area contributed by atoms with Gasteiger partial charge in [-0.25, -0.2) is 4.79 Å². The molecule has 0 saturated carbocycles. The SMILES string of the molecule is COC(=O)C1CC(=O)N(C[C@H]2CCN(C(=O)OC(C)(C)C)C2)C1. The lowest BCUT2D eigenvalue weighted by Gasteiger charge is -2.25. The maximum Gasteiger partial charge on any atom is 0.410 e. The number of rotatable bonds is 3. The van der Waals surface area contributed by atoms with Crippen LogP contribution in [0.5, 0.6) is 0 Å². The molecule has 2 aliphatic heterocycles. The summed E-state index contributed by atoms with van der Waals surface area (Å²) in [6, 6.07) is 0. The van der Waals surface area contributed by atoms with E-state index in [9.17, 15) is 14.4 Å². The van der Waals surface area contributed by atoms with Crippen LogP contribution in [0, 0.1) is 11.8 Å². The average Bonchev–Trinajstić information content (AvgIpc) is 3.04. The highest BCUT2D eigenvalue weighted by Gasteiger charge is 2.38. The zero-order chi connectivity index (χ0) is 17.2. The minimum Gasteiger partial charge on any atom is -0.469 e. The van der Waals surface area contributed by atoms with Crippen LogP contribution in [-0.2, 0) is 19.1 Å². The van der Waals surface area contributed by atoms with Crippen LogP contribution in [0.25, 0.3) is 0 Å². The van der Waals surface area contributed by atoms with Gasteiger partial charge in [-0.3, -0.25) is 9.59 Å². The fourth-order valence-electron chi connectivity index (χ4n) is 3.06. The van der Waals surface area contributed by atoms with Crippen molar-refractivity contribution in [3.63, 3.8) is 0 Å². The van der Waals surface area contributed by atoms with Gasteiger partial charge in [0.2, 0.25) is 5.91 Å². The fraction of sp³-hybridized carbons (Fsp3) is 0.812. The maximum atomic E-state index is 12.1. The van der Waals surface area contributed by atoms with Crippen molar-refractivity contribution in [2.24, 2.45) is 11.8 Å². The Morgan fingerprint density at radius 1 is 1.26 bits per heavy atom. The summed E-state index contributed by atoms with van der Waals surface area (Å²) in [6.07, 6.45) is 0.751. The number of hydrogen-bond donors (Lipinski definition) is 0. The summed E-state index contributed by atoms with van der Waals surface area (Å²) in [4.78, 5) is 39.0. The van der Waals surface area contributed by atoms with Crippen LogP contribution in [0.1, 0.15) is 33.6 Å². The number of ether oxygens (including phenoxy) is 2. The second-order valence-corrected chi connectivity index (χ2v) is 7.30. The van der Waals surface area contributed by atoms with Gasteiger partial charge in [0.1, 0.15) is 5.60 Å². The Labute approximate surface area is 136 Å². The molecule has 2 amide bonds. The van der Waals surface area contributed by atoms with Crippen molar-refractivity contribution in [1.29, 1.82) is 0 Å². The molecule has 23 heavy (non-hydrogen) atoms. The van der Waals surface area contributed by atoms with Crippen molar-refractivity contribution in [1.82, 2.24) is 9.80 Å². The van der Waals surface area contributed by atoms with E-state index in [2.05, 4.69) is 0 Å². The first kappa shape index (κ1) is 17.6. The van der Waals surface area contributed by atoms with Gasteiger partial charge in [-0.2, -0.15) is 0 Å². The zero-order valence-electron chi connectivity index (χ0n) is 14.3. The van der Waals surface area contributed by atoms with Gasteiger partial charge in [-0.05, 0) is 33.1 Å². The Balaban J connectivity index is 1.83. The van der Waals surface area contributed by atoms with E-state index in [1.165, 1.54) is 7.11 Å². The summed E-state index contributed by atoms with van der Waals surface area (Å²) in [7, 11) is 1.34. The molecular weight excluding hydrogens is 300 g/mol. The van der Waals surface area contributed by atoms with E-state index in [4.69, 9.17) is 9.47 Å². The monoisotopic (exact) mass is 326 g/mol. The Kier molecular flexibility index (Phi) is 5.16. The van der Waals surface area contributed by atoms with E-state index in [-0.39, 0.29) is 36.2 Å². The largest absolute Gasteiger partial charge is 0.469 e. The molecule has 2 atom stereocenters. The first-order chi connectivity index (χ1) is 10.7. The third-order valence-electron chi connectivity index (χ3n) is 4.17. The van der Waals surface area contributed by atoms with Gasteiger partial charge in [0.15, 0.2) is 0 Å². The van der Waals surface area contributed by atoms with Gasteiger partial charge in [-0.1, -0.05) is 0 Å². The highest BCUT2D eigenvalue weighted by Crippen LogP contribution is 2.25. The molecular formula is C16H26N2O5. The van der Waals surface area contributed by atoms with Crippen LogP contribution in [0.2, 0.25) is 0 Å². The van der Waals surface area contributed by atoms with Gasteiger partial charge in [0.05, 0.1) is 13.0 Å². The van der Waals surface area contributed by atoms with Crippen LogP contribution in [-0.4, -0.2) is 66.7 Å². The highest BCUT2D eigenvalue weighted by atomic mass is 16.6. The molecule has 2 saturated heterocycles. The number of methoxy groups -OCH3 is 1. The van der Waals surface area contributed by atoms with Gasteiger partial charge < -0.3 is 19.3 Å². The molecule has 1 unspecified atom stereocenters. The number of esters is 1. The fourth-order valence-corrected chi connectivity index (χ4v) is 3.06. The molecule has 0 aromatic heterocycles. The summed E-state index contributed by atoms with van der Waals surface area (Å²) in [6.45, 7) is 7.74. The van der Waals surface area contributed by atoms with Crippen molar-refractivity contribution in [2.45, 2.75) is 39.2 Å². The molecule has 0 N–H and O–H groups in total. The van der Waals surface area contributed by atoms with Gasteiger partial charge in [0.25, 0.3) is 0 Å². The van der Waals surface area contributed by atoms with Crippen molar-refractivity contribution < 1.29 is 23.9 Å². The molecule has 7 heteroatoms. The van der Waals surface area contributed by atoms with Crippen LogP contribution >= 0.6 is 0 Å². The lowest BCUT2D eigenvalue weighted by molar-refractivity contribution is -0.145. The van der Waals surface area contributed by atoms with Crippen molar-refractivity contribution in [3.8, 4) is 0 Å². The first-order valence-electron chi connectivity index (χ1n) is 8.03. The van der Waals surface area contributed by atoms with E-state index in [0.717, 1.165) is 6.42 Å². The van der Waals surface area contributed by atoms with E-state index in [1.807, 2.05) is 20.8 Å². The van der Waals surface area contributed by atoms with E-state index in [0.29, 0.717) is 26.2 Å². The molecule has 2 heterocycles. The van der Waals surface area contributed by atoms with Crippen molar-refractivity contribution in [3.05, 3.63) is 0 Å². The van der Waals surface area contributed by atoms with Crippen LogP contribution < -0.4 is 0 Å². The molecule has 0 aromatic carbocycles. The molecule has 2 fully saturated rings. The third kappa shape index (κ3) is 4.59. The molecule has 130 valence electrons. The van der Waals surface area contributed by atoms with Crippen molar-refractivity contribution >= 4 is 18.0 Å². The second-order valence-electron chi connectivity index (χ2n) is 7.30. The molecule has 0 aliphatic carbocycles. The lowest BCUT2D eigenvalue weighted by Crippen LogP contribution is -2.37. The topological polar surface area (TPSA) is 76.2 Å². The van der Waals surface area contributed by atoms with Gasteiger partial charge in [-0.15, -0.1) is 0 Å². The Bertz CT molecular complexity index is 485. The normalized spacial score (nSPS) is 25.0. The van der Waals surface area contributed by atoms with E-state index < -0.39 is 5.60 Å². The average molecular weight is 326 g/mol. The zero-order valence-corrected chi connectivity index (χ0v) is 14.3. The second kappa shape index (κ2) is 6.76. The van der Waals surface area contributed by atoms with E-state index in [1.54, 1.807) is 9.80 Å². The molecule has 0 spiro atoms. The van der Waals surface area contributed by atoms with Crippen LogP contribution in [0.3, 0.4) is 0 Å². The molecule has 0 radical (unpaired) electrons. The number of hydrogen-bond acceptors (Lipinski definition) is 5. The predicted molar refractivity (Wildman–Crippen MR) is 82.6 cm³/mol. The quantitative estimate of drug-likeness (QED) is 0.730. The smallest absolute Gasteiger partial charge is 0.410 e. The Hall–Kier alpha value is -1.79. The minimum atomic E-state index is -0.506. The molecule has 0 bridgehead atoms. The number of carbonyl (C=O) groups is 3. The van der Waals surface area contributed by atoms with Gasteiger partial charge >= 0.3 is 12.1 Å². The number of nitrogens with zero attached hydrogens (tertiary/aromatic N) is 2. The highest BCUT2D eigenvalue weighted by molar-refractivity contribution is 5.86. The number of likely N-dealkylation sites (tertiary alicyclic amines) is 2. The lowest BCUT2D eigenvalue weighted by atomic mass is 10.1. The summed E-state index contributed by atoms with van der Waals surface area (Å²) in [5.74, 6) is -0.488. The third-order valence-corrected chi connectivity index (χ3v) is 4.17. The Morgan fingerprint density at radius 2 is 1.96 bits per heavy atom. The summed E-state index contributed by atoms with van der Waals surface area (Å²) in [5.41, 5.74) is -0.506. The van der Waals surface area contributed by atoms with Crippen LogP contribution in [0.15, 0.2) is 0 Å². The minimum absolute atomic E-state index is 0.0175. The van der Waals surface area contributed by atoms with E-state index >= 15 is 0 Å².